The summed E-state index contributed by atoms with van der Waals surface area (Å²) < 4.78 is 0. The van der Waals surface area contributed by atoms with Gasteiger partial charge in [-0.05, 0) is 69.0 Å². The third-order valence-corrected chi connectivity index (χ3v) is 8.53. The highest BCUT2D eigenvalue weighted by Gasteiger charge is 2.32. The van der Waals surface area contributed by atoms with Gasteiger partial charge < -0.3 is 19.6 Å². The number of amides is 3. The summed E-state index contributed by atoms with van der Waals surface area (Å²) in [7, 11) is 1.86. The number of halogens is 2. The van der Waals surface area contributed by atoms with Gasteiger partial charge in [0, 0.05) is 63.8 Å². The lowest BCUT2D eigenvalue weighted by Crippen LogP contribution is -2.55. The molecule has 8 heteroatoms. The lowest BCUT2D eigenvalue weighted by Gasteiger charge is -2.43. The second-order valence-corrected chi connectivity index (χ2v) is 11.0. The van der Waals surface area contributed by atoms with E-state index in [9.17, 15) is 9.59 Å². The van der Waals surface area contributed by atoms with Crippen LogP contribution in [0, 0.1) is 0 Å². The molecule has 0 aromatic heterocycles. The van der Waals surface area contributed by atoms with Crippen LogP contribution in [0.4, 0.5) is 4.79 Å². The maximum Gasteiger partial charge on any atom is 0.320 e. The molecule has 2 heterocycles. The minimum atomic E-state index is 0.0128. The molecule has 1 atom stereocenters. The zero-order chi connectivity index (χ0) is 26.4. The lowest BCUT2D eigenvalue weighted by molar-refractivity contribution is 0.0752. The number of rotatable bonds is 9. The van der Waals surface area contributed by atoms with E-state index in [1.165, 1.54) is 0 Å². The second kappa shape index (κ2) is 13.0. The van der Waals surface area contributed by atoms with E-state index in [0.717, 1.165) is 70.5 Å². The number of likely N-dealkylation sites (tertiary alicyclic amines) is 1. The van der Waals surface area contributed by atoms with Gasteiger partial charge >= 0.3 is 6.03 Å². The molecule has 2 fully saturated rings. The summed E-state index contributed by atoms with van der Waals surface area (Å²) >= 11 is 12.6. The number of carbonyl (C=O) groups is 2. The number of piperidine rings is 1. The molecule has 4 rings (SSSR count). The Hall–Kier alpha value is -2.28. The van der Waals surface area contributed by atoms with Crippen LogP contribution in [-0.2, 0) is 0 Å². The van der Waals surface area contributed by atoms with Crippen LogP contribution in [0.2, 0.25) is 10.0 Å². The number of carbonyl (C=O) groups excluding carboxylic acids is 2. The monoisotopic (exact) mass is 544 g/mol. The summed E-state index contributed by atoms with van der Waals surface area (Å²) in [6.07, 6.45) is 3.97. The second-order valence-electron chi connectivity index (χ2n) is 10.2. The smallest absolute Gasteiger partial charge is 0.320 e. The van der Waals surface area contributed by atoms with Gasteiger partial charge in [-0.15, -0.1) is 0 Å². The molecule has 0 aliphatic carbocycles. The molecule has 0 radical (unpaired) electrons. The molecule has 200 valence electrons. The van der Waals surface area contributed by atoms with Gasteiger partial charge in [-0.25, -0.2) is 4.79 Å². The average molecular weight is 546 g/mol. The summed E-state index contributed by atoms with van der Waals surface area (Å²) in [6, 6.07) is 15.7. The Labute approximate surface area is 231 Å². The Kier molecular flexibility index (Phi) is 9.74. The van der Waals surface area contributed by atoms with Crippen molar-refractivity contribution in [1.82, 2.24) is 19.6 Å². The van der Waals surface area contributed by atoms with Crippen molar-refractivity contribution in [3.63, 3.8) is 0 Å². The van der Waals surface area contributed by atoms with Crippen molar-refractivity contribution in [2.75, 3.05) is 52.9 Å². The molecular weight excluding hydrogens is 507 g/mol. The number of hydrogen-bond donors (Lipinski definition) is 0. The normalized spacial score (nSPS) is 18.2. The van der Waals surface area contributed by atoms with E-state index < -0.39 is 0 Å². The predicted molar refractivity (Wildman–Crippen MR) is 151 cm³/mol. The van der Waals surface area contributed by atoms with E-state index in [1.807, 2.05) is 60.5 Å². The van der Waals surface area contributed by atoms with Crippen molar-refractivity contribution in [1.29, 1.82) is 0 Å². The van der Waals surface area contributed by atoms with E-state index >= 15 is 0 Å². The molecule has 2 aromatic carbocycles. The summed E-state index contributed by atoms with van der Waals surface area (Å²) in [6.45, 7) is 8.08. The molecule has 3 amide bonds. The number of nitrogens with zero attached hydrogens (tertiary/aromatic N) is 4. The zero-order valence-electron chi connectivity index (χ0n) is 21.9. The van der Waals surface area contributed by atoms with E-state index in [-0.39, 0.29) is 17.9 Å². The van der Waals surface area contributed by atoms with E-state index in [1.54, 1.807) is 4.90 Å². The molecule has 6 nitrogen and oxygen atoms in total. The van der Waals surface area contributed by atoms with Gasteiger partial charge in [0.2, 0.25) is 0 Å². The minimum Gasteiger partial charge on any atom is -0.341 e. The first kappa shape index (κ1) is 27.7. The molecule has 0 saturated carbocycles. The van der Waals surface area contributed by atoms with Crippen LogP contribution in [-0.4, -0.2) is 90.4 Å². The largest absolute Gasteiger partial charge is 0.341 e. The van der Waals surface area contributed by atoms with Gasteiger partial charge in [0.15, 0.2) is 0 Å². The van der Waals surface area contributed by atoms with E-state index in [4.69, 9.17) is 23.2 Å². The Morgan fingerprint density at radius 3 is 2.43 bits per heavy atom. The maximum atomic E-state index is 13.0. The zero-order valence-corrected chi connectivity index (χ0v) is 23.4. The third-order valence-electron chi connectivity index (χ3n) is 7.79. The number of urea groups is 1. The van der Waals surface area contributed by atoms with Gasteiger partial charge in [0.05, 0.1) is 10.0 Å². The van der Waals surface area contributed by atoms with Crippen LogP contribution >= 0.6 is 23.2 Å². The molecule has 2 aliphatic rings. The Morgan fingerprint density at radius 1 is 1.03 bits per heavy atom. The highest BCUT2D eigenvalue weighted by atomic mass is 35.5. The molecule has 2 aromatic rings. The molecule has 0 unspecified atom stereocenters. The maximum absolute atomic E-state index is 13.0. The molecule has 0 N–H and O–H groups in total. The molecule has 37 heavy (non-hydrogen) atoms. The van der Waals surface area contributed by atoms with Crippen molar-refractivity contribution < 1.29 is 9.59 Å². The van der Waals surface area contributed by atoms with Gasteiger partial charge in [-0.2, -0.15) is 0 Å². The highest BCUT2D eigenvalue weighted by Crippen LogP contribution is 2.30. The molecule has 2 aliphatic heterocycles. The number of benzene rings is 2. The standard InChI is InChI=1S/C29H38Cl2N4O2/c1-3-34-15-7-16-35(29(34)37)25-13-18-33(19-14-25)17-12-24(23-10-11-26(30)27(31)20-23)21-32(2)28(36)22-8-5-4-6-9-22/h4-6,8-11,20,24-25H,3,7,12-19,21H2,1-2H3/t24-/m1/s1. The quantitative estimate of drug-likeness (QED) is 0.397. The van der Waals surface area contributed by atoms with Crippen LogP contribution in [0.5, 0.6) is 0 Å². The average Bonchev–Trinajstić information content (AvgIpc) is 2.93. The van der Waals surface area contributed by atoms with Crippen molar-refractivity contribution in [2.24, 2.45) is 0 Å². The van der Waals surface area contributed by atoms with Crippen molar-refractivity contribution in [3.8, 4) is 0 Å². The summed E-state index contributed by atoms with van der Waals surface area (Å²) in [5, 5.41) is 1.07. The minimum absolute atomic E-state index is 0.0128. The fraction of sp³-hybridized carbons (Fsp3) is 0.517. The predicted octanol–water partition coefficient (Wildman–Crippen LogP) is 5.85. The molecule has 2 saturated heterocycles. The fourth-order valence-corrected chi connectivity index (χ4v) is 5.88. The number of hydrogen-bond acceptors (Lipinski definition) is 3. The first-order valence-electron chi connectivity index (χ1n) is 13.4. The van der Waals surface area contributed by atoms with Crippen LogP contribution in [0.15, 0.2) is 48.5 Å². The summed E-state index contributed by atoms with van der Waals surface area (Å²) in [4.78, 5) is 34.2. The van der Waals surface area contributed by atoms with Crippen LogP contribution < -0.4 is 0 Å². The summed E-state index contributed by atoms with van der Waals surface area (Å²) in [5.74, 6) is 0.144. The molecular formula is C29H38Cl2N4O2. The van der Waals surface area contributed by atoms with Gasteiger partial charge in [-0.1, -0.05) is 47.5 Å². The molecule has 0 spiro atoms. The third kappa shape index (κ3) is 6.98. The Balaban J connectivity index is 1.37. The van der Waals surface area contributed by atoms with Crippen LogP contribution in [0.25, 0.3) is 0 Å². The first-order valence-corrected chi connectivity index (χ1v) is 14.2. The summed E-state index contributed by atoms with van der Waals surface area (Å²) in [5.41, 5.74) is 1.78. The fourth-order valence-electron chi connectivity index (χ4n) is 5.57. The topological polar surface area (TPSA) is 47.1 Å². The van der Waals surface area contributed by atoms with E-state index in [0.29, 0.717) is 28.2 Å². The van der Waals surface area contributed by atoms with Crippen molar-refractivity contribution in [2.45, 2.75) is 44.6 Å². The van der Waals surface area contributed by atoms with Crippen molar-refractivity contribution in [3.05, 3.63) is 69.7 Å². The molecule has 0 bridgehead atoms. The Morgan fingerprint density at radius 2 is 1.76 bits per heavy atom. The highest BCUT2D eigenvalue weighted by molar-refractivity contribution is 6.42. The van der Waals surface area contributed by atoms with Crippen molar-refractivity contribution >= 4 is 35.1 Å². The van der Waals surface area contributed by atoms with E-state index in [2.05, 4.69) is 16.7 Å². The Bertz CT molecular complexity index is 1060. The van der Waals surface area contributed by atoms with Gasteiger partial charge in [-0.3, -0.25) is 4.79 Å². The lowest BCUT2D eigenvalue weighted by atomic mass is 9.93. The number of likely N-dealkylation sites (N-methyl/N-ethyl adjacent to an activating group) is 1. The van der Waals surface area contributed by atoms with Gasteiger partial charge in [0.25, 0.3) is 5.91 Å². The SMILES string of the molecule is CCN1CCCN(C2CCN(CC[C@H](CN(C)C(=O)c3ccccc3)c3ccc(Cl)c(Cl)c3)CC2)C1=O. The first-order chi connectivity index (χ1) is 17.9. The van der Waals surface area contributed by atoms with Crippen LogP contribution in [0.1, 0.15) is 54.4 Å². The van der Waals surface area contributed by atoms with Crippen LogP contribution in [0.3, 0.4) is 0 Å². The van der Waals surface area contributed by atoms with Gasteiger partial charge in [0.1, 0.15) is 0 Å².